The molecule has 1 aliphatic carbocycles. The molecule has 0 spiro atoms. The Kier molecular flexibility index (Phi) is 5.54. The number of hydrogen-bond acceptors (Lipinski definition) is 3. The predicted molar refractivity (Wildman–Crippen MR) is 46.2 cm³/mol. The minimum absolute atomic E-state index is 0.0231. The molecule has 0 bridgehead atoms. The van der Waals surface area contributed by atoms with E-state index in [1.807, 2.05) is 0 Å². The van der Waals surface area contributed by atoms with E-state index in [0.29, 0.717) is 0 Å². The second kappa shape index (κ2) is 6.19. The molecule has 0 aliphatic heterocycles. The average Bonchev–Trinajstić information content (AvgIpc) is 2.85. The van der Waals surface area contributed by atoms with Gasteiger partial charge < -0.3 is 15.9 Å². The number of hydrogen-bond donors (Lipinski definition) is 3. The van der Waals surface area contributed by atoms with Crippen LogP contribution in [0.3, 0.4) is 0 Å². The van der Waals surface area contributed by atoms with E-state index >= 15 is 0 Å². The second-order valence-corrected chi connectivity index (χ2v) is 2.58. The number of aliphatic carboxylic acids is 2. The van der Waals surface area contributed by atoms with Crippen molar-refractivity contribution in [2.45, 2.75) is 25.3 Å². The molecule has 13 heavy (non-hydrogen) atoms. The van der Waals surface area contributed by atoms with Crippen molar-refractivity contribution in [2.75, 3.05) is 0 Å². The minimum atomic E-state index is -1.17. The van der Waals surface area contributed by atoms with Crippen LogP contribution in [0.4, 0.5) is 0 Å². The first-order valence-corrected chi connectivity index (χ1v) is 3.89. The van der Waals surface area contributed by atoms with Crippen LogP contribution in [0.2, 0.25) is 0 Å². The van der Waals surface area contributed by atoms with E-state index in [1.54, 1.807) is 0 Å². The summed E-state index contributed by atoms with van der Waals surface area (Å²) in [6.07, 6.45) is 5.28. The predicted octanol–water partition coefficient (Wildman–Crippen LogP) is 0.209. The summed E-state index contributed by atoms with van der Waals surface area (Å²) < 4.78 is 0. The molecule has 5 heteroatoms. The maximum Gasteiger partial charge on any atom is 0.320 e. The SMILES string of the molecule is C1=CC1.N[C@@H](CCC(=O)O)C(=O)O. The quantitative estimate of drug-likeness (QED) is 0.546. The zero-order valence-corrected chi connectivity index (χ0v) is 7.14. The van der Waals surface area contributed by atoms with Crippen LogP contribution in [0.15, 0.2) is 12.2 Å². The lowest BCUT2D eigenvalue weighted by Gasteiger charge is -2.01. The third-order valence-electron chi connectivity index (χ3n) is 1.22. The van der Waals surface area contributed by atoms with Crippen LogP contribution in [0.25, 0.3) is 0 Å². The fourth-order valence-electron chi connectivity index (χ4n) is 0.402. The second-order valence-electron chi connectivity index (χ2n) is 2.58. The standard InChI is InChI=1S/C5H9NO4.C3H4/c6-3(5(9)10)1-2-4(7)8;1-2-3-1/h3H,1-2,6H2,(H,7,8)(H,9,10);1-2H,3H2/t3-;/m0./s1. The van der Waals surface area contributed by atoms with Gasteiger partial charge in [0.25, 0.3) is 0 Å². The van der Waals surface area contributed by atoms with Crippen molar-refractivity contribution < 1.29 is 19.8 Å². The monoisotopic (exact) mass is 187 g/mol. The summed E-state index contributed by atoms with van der Waals surface area (Å²) in [7, 11) is 0. The summed E-state index contributed by atoms with van der Waals surface area (Å²) >= 11 is 0. The van der Waals surface area contributed by atoms with Gasteiger partial charge in [-0.3, -0.25) is 9.59 Å². The number of carboxylic acids is 2. The normalized spacial score (nSPS) is 13.9. The molecule has 0 amide bonds. The van der Waals surface area contributed by atoms with Gasteiger partial charge in [0.05, 0.1) is 0 Å². The maximum atomic E-state index is 9.99. The Hall–Kier alpha value is -1.36. The fraction of sp³-hybridized carbons (Fsp3) is 0.500. The largest absolute Gasteiger partial charge is 0.481 e. The van der Waals surface area contributed by atoms with Crippen LogP contribution < -0.4 is 5.73 Å². The highest BCUT2D eigenvalue weighted by atomic mass is 16.4. The molecule has 0 aromatic heterocycles. The first-order valence-electron chi connectivity index (χ1n) is 3.89. The zero-order chi connectivity index (χ0) is 10.3. The van der Waals surface area contributed by atoms with Crippen LogP contribution in [-0.4, -0.2) is 28.2 Å². The number of allylic oxidation sites excluding steroid dienone is 2. The van der Waals surface area contributed by atoms with Gasteiger partial charge in [-0.25, -0.2) is 0 Å². The smallest absolute Gasteiger partial charge is 0.320 e. The summed E-state index contributed by atoms with van der Waals surface area (Å²) in [4.78, 5) is 19.9. The topological polar surface area (TPSA) is 101 Å². The van der Waals surface area contributed by atoms with Gasteiger partial charge in [0, 0.05) is 6.42 Å². The molecule has 0 fully saturated rings. The van der Waals surface area contributed by atoms with Crippen molar-refractivity contribution in [3.05, 3.63) is 12.2 Å². The molecular formula is C8H13NO4. The molecular weight excluding hydrogens is 174 g/mol. The van der Waals surface area contributed by atoms with Crippen LogP contribution in [0.5, 0.6) is 0 Å². The van der Waals surface area contributed by atoms with E-state index in [2.05, 4.69) is 12.2 Å². The van der Waals surface area contributed by atoms with Gasteiger partial charge in [-0.1, -0.05) is 12.2 Å². The highest BCUT2D eigenvalue weighted by Gasteiger charge is 2.12. The lowest BCUT2D eigenvalue weighted by atomic mass is 10.2. The Bertz CT molecular complexity index is 208. The van der Waals surface area contributed by atoms with Crippen molar-refractivity contribution in [1.29, 1.82) is 0 Å². The highest BCUT2D eigenvalue weighted by molar-refractivity contribution is 5.74. The lowest BCUT2D eigenvalue weighted by molar-refractivity contribution is -0.139. The van der Waals surface area contributed by atoms with Crippen molar-refractivity contribution >= 4 is 11.9 Å². The summed E-state index contributed by atoms with van der Waals surface area (Å²) in [5, 5.41) is 16.3. The average molecular weight is 187 g/mol. The fourth-order valence-corrected chi connectivity index (χ4v) is 0.402. The Morgan fingerprint density at radius 2 is 1.85 bits per heavy atom. The molecule has 1 rings (SSSR count). The van der Waals surface area contributed by atoms with Crippen molar-refractivity contribution in [2.24, 2.45) is 5.73 Å². The molecule has 5 nitrogen and oxygen atoms in total. The van der Waals surface area contributed by atoms with Gasteiger partial charge in [0.2, 0.25) is 0 Å². The van der Waals surface area contributed by atoms with Gasteiger partial charge in [0.1, 0.15) is 6.04 Å². The molecule has 74 valence electrons. The first-order chi connectivity index (χ1) is 6.04. The van der Waals surface area contributed by atoms with Gasteiger partial charge >= 0.3 is 11.9 Å². The highest BCUT2D eigenvalue weighted by Crippen LogP contribution is 1.96. The van der Waals surface area contributed by atoms with E-state index in [1.165, 1.54) is 6.42 Å². The van der Waals surface area contributed by atoms with Gasteiger partial charge in [-0.05, 0) is 12.8 Å². The van der Waals surface area contributed by atoms with Gasteiger partial charge in [-0.2, -0.15) is 0 Å². The van der Waals surface area contributed by atoms with E-state index in [4.69, 9.17) is 15.9 Å². The van der Waals surface area contributed by atoms with Crippen LogP contribution in [0, 0.1) is 0 Å². The molecule has 0 heterocycles. The molecule has 0 radical (unpaired) electrons. The van der Waals surface area contributed by atoms with E-state index in [-0.39, 0.29) is 12.8 Å². The number of carbonyl (C=O) groups is 2. The molecule has 0 saturated heterocycles. The van der Waals surface area contributed by atoms with E-state index < -0.39 is 18.0 Å². The van der Waals surface area contributed by atoms with Gasteiger partial charge in [0.15, 0.2) is 0 Å². The minimum Gasteiger partial charge on any atom is -0.481 e. The third-order valence-corrected chi connectivity index (χ3v) is 1.22. The molecule has 0 saturated carbocycles. The Labute approximate surface area is 75.9 Å². The van der Waals surface area contributed by atoms with Gasteiger partial charge in [-0.15, -0.1) is 0 Å². The number of carboxylic acid groups (broad SMARTS) is 2. The third kappa shape index (κ3) is 10.6. The number of rotatable bonds is 4. The van der Waals surface area contributed by atoms with Crippen LogP contribution in [-0.2, 0) is 9.59 Å². The maximum absolute atomic E-state index is 9.99. The summed E-state index contributed by atoms with van der Waals surface area (Å²) in [5.74, 6) is -2.20. The molecule has 0 aromatic rings. The zero-order valence-electron chi connectivity index (χ0n) is 7.14. The summed E-state index contributed by atoms with van der Waals surface area (Å²) in [5.41, 5.74) is 5.00. The number of nitrogens with two attached hydrogens (primary N) is 1. The van der Waals surface area contributed by atoms with Crippen LogP contribution in [0.1, 0.15) is 19.3 Å². The molecule has 0 aromatic carbocycles. The molecule has 4 N–H and O–H groups in total. The van der Waals surface area contributed by atoms with E-state index in [0.717, 1.165) is 0 Å². The Balaban J connectivity index is 0.000000396. The van der Waals surface area contributed by atoms with Crippen molar-refractivity contribution in [3.8, 4) is 0 Å². The Morgan fingerprint density at radius 3 is 2.08 bits per heavy atom. The molecule has 1 atom stereocenters. The first kappa shape index (κ1) is 11.6. The van der Waals surface area contributed by atoms with Crippen molar-refractivity contribution in [1.82, 2.24) is 0 Å². The molecule has 0 unspecified atom stereocenters. The summed E-state index contributed by atoms with van der Waals surface area (Å²) in [6.45, 7) is 0. The lowest BCUT2D eigenvalue weighted by Crippen LogP contribution is -2.30. The van der Waals surface area contributed by atoms with E-state index in [9.17, 15) is 9.59 Å². The Morgan fingerprint density at radius 1 is 1.38 bits per heavy atom. The van der Waals surface area contributed by atoms with Crippen molar-refractivity contribution in [3.63, 3.8) is 0 Å². The molecule has 1 aliphatic rings. The van der Waals surface area contributed by atoms with Crippen LogP contribution >= 0.6 is 0 Å². The summed E-state index contributed by atoms with van der Waals surface area (Å²) in [6, 6.07) is -1.06.